The highest BCUT2D eigenvalue weighted by Gasteiger charge is 2.26. The normalized spacial score (nSPS) is 16.2. The molecule has 0 aliphatic carbocycles. The van der Waals surface area contributed by atoms with Crippen LogP contribution in [0.15, 0.2) is 48.5 Å². The Morgan fingerprint density at radius 1 is 1.19 bits per heavy atom. The molecule has 0 spiro atoms. The molecule has 1 atom stereocenters. The molecule has 0 saturated carbocycles. The van der Waals surface area contributed by atoms with Crippen LogP contribution in [0, 0.1) is 0 Å². The van der Waals surface area contributed by atoms with E-state index in [1.807, 2.05) is 42.3 Å². The molecule has 1 aliphatic heterocycles. The van der Waals surface area contributed by atoms with Crippen LogP contribution in [0.5, 0.6) is 5.75 Å². The third-order valence-electron chi connectivity index (χ3n) is 5.03. The molecule has 3 rings (SSSR count). The Hall–Kier alpha value is -2.04. The third-order valence-corrected chi connectivity index (χ3v) is 5.27. The van der Waals surface area contributed by atoms with Crippen LogP contribution in [0.1, 0.15) is 36.3 Å². The van der Waals surface area contributed by atoms with Crippen LogP contribution in [0.2, 0.25) is 5.02 Å². The van der Waals surface area contributed by atoms with Gasteiger partial charge in [-0.25, -0.2) is 0 Å². The van der Waals surface area contributed by atoms with E-state index in [1.54, 1.807) is 18.2 Å². The zero-order valence-electron chi connectivity index (χ0n) is 14.9. The fraction of sp³-hybridized carbons (Fsp3) is 0.381. The van der Waals surface area contributed by atoms with Gasteiger partial charge in [0.1, 0.15) is 5.75 Å². The number of nitrogens with zero attached hydrogens (tertiary/aromatic N) is 1. The lowest BCUT2D eigenvalue weighted by Gasteiger charge is -2.32. The molecule has 0 radical (unpaired) electrons. The lowest BCUT2D eigenvalue weighted by molar-refractivity contribution is -0.133. The van der Waals surface area contributed by atoms with Gasteiger partial charge in [-0.1, -0.05) is 35.9 Å². The minimum atomic E-state index is -0.157. The summed E-state index contributed by atoms with van der Waals surface area (Å²) < 4.78 is 5.40. The number of carbonyl (C=O) groups is 1. The number of hydrogen-bond donors (Lipinski definition) is 1. The van der Waals surface area contributed by atoms with Crippen LogP contribution in [-0.2, 0) is 9.53 Å². The maximum atomic E-state index is 13.0. The molecule has 1 aliphatic rings. The van der Waals surface area contributed by atoms with Crippen molar-refractivity contribution < 1.29 is 14.6 Å². The van der Waals surface area contributed by atoms with Gasteiger partial charge in [0.25, 0.3) is 0 Å². The predicted octanol–water partition coefficient (Wildman–Crippen LogP) is 4.21. The molecule has 0 bridgehead atoms. The molecule has 2 aromatic carbocycles. The van der Waals surface area contributed by atoms with E-state index in [2.05, 4.69) is 0 Å². The topological polar surface area (TPSA) is 49.8 Å². The van der Waals surface area contributed by atoms with E-state index in [-0.39, 0.29) is 23.6 Å². The third kappa shape index (κ3) is 4.57. The molecule has 0 unspecified atom stereocenters. The smallest absolute Gasteiger partial charge is 0.223 e. The molecule has 138 valence electrons. The van der Waals surface area contributed by atoms with E-state index in [4.69, 9.17) is 16.3 Å². The maximum absolute atomic E-state index is 13.0. The Morgan fingerprint density at radius 3 is 2.50 bits per heavy atom. The van der Waals surface area contributed by atoms with Crippen molar-refractivity contribution in [2.45, 2.75) is 31.2 Å². The minimum Gasteiger partial charge on any atom is -0.508 e. The number of rotatable bonds is 5. The van der Waals surface area contributed by atoms with Gasteiger partial charge in [0.05, 0.1) is 0 Å². The zero-order valence-corrected chi connectivity index (χ0v) is 15.7. The summed E-state index contributed by atoms with van der Waals surface area (Å²) >= 11 is 6.17. The van der Waals surface area contributed by atoms with Gasteiger partial charge in [-0.05, 0) is 48.2 Å². The first-order chi connectivity index (χ1) is 12.5. The lowest BCUT2D eigenvalue weighted by atomic mass is 9.87. The number of aromatic hydroxyl groups is 1. The molecule has 26 heavy (non-hydrogen) atoms. The Bertz CT molecular complexity index is 713. The summed E-state index contributed by atoms with van der Waals surface area (Å²) in [5, 5.41) is 10.5. The van der Waals surface area contributed by atoms with E-state index < -0.39 is 0 Å². The Labute approximate surface area is 159 Å². The first-order valence-electron chi connectivity index (χ1n) is 8.92. The SMILES string of the molecule is CN(C(=O)C[C@@H](c1cccc(O)c1)c1cccc(Cl)c1)C1CCOCC1. The second kappa shape index (κ2) is 8.56. The van der Waals surface area contributed by atoms with Gasteiger partial charge in [0.15, 0.2) is 0 Å². The minimum absolute atomic E-state index is 0.0882. The first kappa shape index (κ1) is 18.7. The quantitative estimate of drug-likeness (QED) is 0.854. The standard InChI is InChI=1S/C21H24ClNO3/c1-23(18-8-10-26-11-9-18)21(25)14-20(15-4-2-6-17(22)12-15)16-5-3-7-19(24)13-16/h2-7,12-13,18,20,24H,8-11,14H2,1H3/t20-/m1/s1. The van der Waals surface area contributed by atoms with Crippen LogP contribution < -0.4 is 0 Å². The van der Waals surface area contributed by atoms with Crippen LogP contribution in [-0.4, -0.2) is 42.2 Å². The van der Waals surface area contributed by atoms with Gasteiger partial charge >= 0.3 is 0 Å². The van der Waals surface area contributed by atoms with Gasteiger partial charge in [-0.3, -0.25) is 4.79 Å². The summed E-state index contributed by atoms with van der Waals surface area (Å²) in [5.41, 5.74) is 1.87. The van der Waals surface area contributed by atoms with E-state index in [9.17, 15) is 9.90 Å². The summed E-state index contributed by atoms with van der Waals surface area (Å²) in [5.74, 6) is 0.126. The molecular formula is C21H24ClNO3. The number of halogens is 1. The molecule has 2 aromatic rings. The van der Waals surface area contributed by atoms with E-state index >= 15 is 0 Å². The van der Waals surface area contributed by atoms with Crippen LogP contribution in [0.4, 0.5) is 0 Å². The monoisotopic (exact) mass is 373 g/mol. The zero-order chi connectivity index (χ0) is 18.5. The van der Waals surface area contributed by atoms with Crippen LogP contribution >= 0.6 is 11.6 Å². The van der Waals surface area contributed by atoms with Gasteiger partial charge in [-0.15, -0.1) is 0 Å². The summed E-state index contributed by atoms with van der Waals surface area (Å²) in [7, 11) is 1.87. The molecule has 1 fully saturated rings. The first-order valence-corrected chi connectivity index (χ1v) is 9.30. The fourth-order valence-electron chi connectivity index (χ4n) is 3.49. The largest absolute Gasteiger partial charge is 0.508 e. The number of hydrogen-bond acceptors (Lipinski definition) is 3. The van der Waals surface area contributed by atoms with Crippen molar-refractivity contribution in [1.29, 1.82) is 0 Å². The van der Waals surface area contributed by atoms with Gasteiger partial charge in [-0.2, -0.15) is 0 Å². The lowest BCUT2D eigenvalue weighted by Crippen LogP contribution is -2.41. The van der Waals surface area contributed by atoms with Crippen molar-refractivity contribution in [2.75, 3.05) is 20.3 Å². The summed E-state index contributed by atoms with van der Waals surface area (Å²) in [6.07, 6.45) is 2.07. The number of amides is 1. The highest BCUT2D eigenvalue weighted by molar-refractivity contribution is 6.30. The Morgan fingerprint density at radius 2 is 1.85 bits per heavy atom. The average Bonchev–Trinajstić information content (AvgIpc) is 2.66. The van der Waals surface area contributed by atoms with Crippen molar-refractivity contribution in [3.05, 3.63) is 64.7 Å². The molecular weight excluding hydrogens is 350 g/mol. The van der Waals surface area contributed by atoms with Crippen molar-refractivity contribution in [3.8, 4) is 5.75 Å². The molecule has 1 amide bonds. The highest BCUT2D eigenvalue weighted by Crippen LogP contribution is 2.32. The van der Waals surface area contributed by atoms with Crippen molar-refractivity contribution in [1.82, 2.24) is 4.90 Å². The molecule has 1 heterocycles. The van der Waals surface area contributed by atoms with Gasteiger partial charge in [0.2, 0.25) is 5.91 Å². The molecule has 5 heteroatoms. The van der Waals surface area contributed by atoms with E-state index in [0.717, 1.165) is 24.0 Å². The van der Waals surface area contributed by atoms with Crippen LogP contribution in [0.25, 0.3) is 0 Å². The number of phenols is 1. The Balaban J connectivity index is 1.84. The number of carbonyl (C=O) groups excluding carboxylic acids is 1. The maximum Gasteiger partial charge on any atom is 0.223 e. The summed E-state index contributed by atoms with van der Waals surface area (Å²) in [6.45, 7) is 1.40. The van der Waals surface area contributed by atoms with Crippen molar-refractivity contribution >= 4 is 17.5 Å². The summed E-state index contributed by atoms with van der Waals surface area (Å²) in [4.78, 5) is 14.8. The van der Waals surface area contributed by atoms with Gasteiger partial charge < -0.3 is 14.7 Å². The summed E-state index contributed by atoms with van der Waals surface area (Å²) in [6, 6.07) is 14.9. The second-order valence-corrected chi connectivity index (χ2v) is 7.19. The van der Waals surface area contributed by atoms with Gasteiger partial charge in [0, 0.05) is 43.7 Å². The Kier molecular flexibility index (Phi) is 6.17. The predicted molar refractivity (Wildman–Crippen MR) is 103 cm³/mol. The fourth-order valence-corrected chi connectivity index (χ4v) is 3.69. The van der Waals surface area contributed by atoms with E-state index in [0.29, 0.717) is 24.7 Å². The average molecular weight is 374 g/mol. The molecule has 4 nitrogen and oxygen atoms in total. The number of benzene rings is 2. The van der Waals surface area contributed by atoms with Crippen LogP contribution in [0.3, 0.4) is 0 Å². The molecule has 1 N–H and O–H groups in total. The number of ether oxygens (including phenoxy) is 1. The molecule has 1 saturated heterocycles. The van der Waals surface area contributed by atoms with Crippen molar-refractivity contribution in [3.63, 3.8) is 0 Å². The highest BCUT2D eigenvalue weighted by atomic mass is 35.5. The number of phenolic OH excluding ortho intramolecular Hbond substituents is 1. The van der Waals surface area contributed by atoms with Crippen molar-refractivity contribution in [2.24, 2.45) is 0 Å². The van der Waals surface area contributed by atoms with E-state index in [1.165, 1.54) is 0 Å². The molecule has 0 aromatic heterocycles. The second-order valence-electron chi connectivity index (χ2n) is 6.75.